The van der Waals surface area contributed by atoms with Gasteiger partial charge >= 0.3 is 0 Å². The van der Waals surface area contributed by atoms with E-state index in [0.29, 0.717) is 42.0 Å². The van der Waals surface area contributed by atoms with Gasteiger partial charge in [-0.05, 0) is 56.5 Å². The number of hydrogen-bond donors (Lipinski definition) is 0. The minimum Gasteiger partial charge on any atom is -0.336 e. The van der Waals surface area contributed by atoms with Crippen LogP contribution in [-0.2, 0) is 16.0 Å². The Balaban J connectivity index is 1.57. The number of likely N-dealkylation sites (tertiary alicyclic amines) is 1. The molecule has 2 amide bonds. The summed E-state index contributed by atoms with van der Waals surface area (Å²) in [4.78, 5) is 32.5. The number of amides is 2. The number of piperazine rings is 1. The van der Waals surface area contributed by atoms with Crippen molar-refractivity contribution in [2.45, 2.75) is 63.6 Å². The zero-order valence-electron chi connectivity index (χ0n) is 16.9. The molecule has 0 aromatic heterocycles. The molecule has 4 aliphatic rings. The zero-order valence-corrected chi connectivity index (χ0v) is 18.5. The molecule has 5 rings (SSSR count). The molecule has 0 saturated carbocycles. The van der Waals surface area contributed by atoms with E-state index in [1.165, 1.54) is 12.8 Å². The van der Waals surface area contributed by atoms with E-state index in [0.717, 1.165) is 31.5 Å². The van der Waals surface area contributed by atoms with Crippen molar-refractivity contribution in [3.05, 3.63) is 33.8 Å². The van der Waals surface area contributed by atoms with E-state index in [9.17, 15) is 9.59 Å². The second kappa shape index (κ2) is 8.83. The van der Waals surface area contributed by atoms with Crippen LogP contribution in [0.3, 0.4) is 0 Å². The number of benzene rings is 1. The normalized spacial score (nSPS) is 27.3. The Bertz CT molecular complexity index is 781. The van der Waals surface area contributed by atoms with E-state index in [1.807, 2.05) is 17.9 Å². The molecule has 1 aromatic carbocycles. The van der Waals surface area contributed by atoms with E-state index >= 15 is 0 Å². The van der Waals surface area contributed by atoms with Crippen molar-refractivity contribution in [1.29, 1.82) is 0 Å². The number of nitrogens with zero attached hydrogens (tertiary/aromatic N) is 3. The Kier molecular flexibility index (Phi) is 6.38. The quantitative estimate of drug-likeness (QED) is 0.722. The fourth-order valence-corrected chi connectivity index (χ4v) is 5.58. The van der Waals surface area contributed by atoms with Crippen molar-refractivity contribution < 1.29 is 9.59 Å². The Morgan fingerprint density at radius 3 is 2.41 bits per heavy atom. The predicted molar refractivity (Wildman–Crippen MR) is 115 cm³/mol. The van der Waals surface area contributed by atoms with Crippen molar-refractivity contribution in [2.24, 2.45) is 0 Å². The molecule has 29 heavy (non-hydrogen) atoms. The van der Waals surface area contributed by atoms with Crippen LogP contribution in [0.1, 0.15) is 44.6 Å². The van der Waals surface area contributed by atoms with Gasteiger partial charge in [0.05, 0.1) is 22.5 Å². The van der Waals surface area contributed by atoms with E-state index in [1.54, 1.807) is 12.1 Å². The lowest BCUT2D eigenvalue weighted by Crippen LogP contribution is -2.63. The molecule has 1 aromatic rings. The lowest BCUT2D eigenvalue weighted by Gasteiger charge is -2.47. The van der Waals surface area contributed by atoms with E-state index in [4.69, 9.17) is 23.2 Å². The average Bonchev–Trinajstić information content (AvgIpc) is 3.11. The van der Waals surface area contributed by atoms with Crippen LogP contribution in [-0.4, -0.2) is 70.8 Å². The van der Waals surface area contributed by atoms with Crippen LogP contribution < -0.4 is 0 Å². The molecule has 4 heterocycles. The van der Waals surface area contributed by atoms with E-state index in [-0.39, 0.29) is 23.9 Å². The van der Waals surface area contributed by atoms with Crippen molar-refractivity contribution in [1.82, 2.24) is 14.7 Å². The van der Waals surface area contributed by atoms with Gasteiger partial charge < -0.3 is 9.80 Å². The Hall–Kier alpha value is -1.30. The smallest absolute Gasteiger partial charge is 0.227 e. The number of halogens is 2. The number of carbonyl (C=O) groups excluding carboxylic acids is 2. The maximum atomic E-state index is 13.3. The lowest BCUT2D eigenvalue weighted by atomic mass is 10.0. The number of rotatable bonds is 4. The first-order valence-electron chi connectivity index (χ1n) is 10.7. The molecule has 0 N–H and O–H groups in total. The van der Waals surface area contributed by atoms with Crippen molar-refractivity contribution >= 4 is 35.0 Å². The van der Waals surface area contributed by atoms with Gasteiger partial charge in [0.2, 0.25) is 11.8 Å². The highest BCUT2D eigenvalue weighted by atomic mass is 35.5. The summed E-state index contributed by atoms with van der Waals surface area (Å²) in [6.07, 6.45) is 5.31. The predicted octanol–water partition coefficient (Wildman–Crippen LogP) is 3.61. The van der Waals surface area contributed by atoms with Gasteiger partial charge in [-0.3, -0.25) is 14.5 Å². The maximum Gasteiger partial charge on any atom is 0.227 e. The molecule has 4 fully saturated rings. The Labute approximate surface area is 182 Å². The van der Waals surface area contributed by atoms with Gasteiger partial charge in [-0.2, -0.15) is 0 Å². The largest absolute Gasteiger partial charge is 0.336 e. The van der Waals surface area contributed by atoms with Crippen LogP contribution >= 0.6 is 23.2 Å². The summed E-state index contributed by atoms with van der Waals surface area (Å²) in [5.41, 5.74) is 0.878. The molecule has 7 heteroatoms. The molecule has 0 unspecified atom stereocenters. The summed E-state index contributed by atoms with van der Waals surface area (Å²) in [6.45, 7) is 5.42. The second-order valence-corrected chi connectivity index (χ2v) is 9.29. The van der Waals surface area contributed by atoms with E-state index < -0.39 is 0 Å². The van der Waals surface area contributed by atoms with Gasteiger partial charge in [0.1, 0.15) is 0 Å². The fourth-order valence-electron chi connectivity index (χ4n) is 5.26. The monoisotopic (exact) mass is 437 g/mol. The molecule has 0 spiro atoms. The molecule has 0 aliphatic carbocycles. The molecule has 158 valence electrons. The molecule has 5 nitrogen and oxygen atoms in total. The molecular weight excluding hydrogens is 409 g/mol. The van der Waals surface area contributed by atoms with Gasteiger partial charge in [0, 0.05) is 31.6 Å². The first kappa shape index (κ1) is 21.0. The highest BCUT2D eigenvalue weighted by Gasteiger charge is 2.46. The van der Waals surface area contributed by atoms with Gasteiger partial charge in [0.15, 0.2) is 0 Å². The zero-order chi connectivity index (χ0) is 20.5. The fraction of sp³-hybridized carbons (Fsp3) is 0.636. The topological polar surface area (TPSA) is 43.9 Å². The molecule has 3 atom stereocenters. The van der Waals surface area contributed by atoms with Gasteiger partial charge in [-0.25, -0.2) is 0 Å². The van der Waals surface area contributed by atoms with Crippen LogP contribution in [0.5, 0.6) is 0 Å². The first-order chi connectivity index (χ1) is 14.0. The molecular formula is C22H29Cl2N3O2. The summed E-state index contributed by atoms with van der Waals surface area (Å²) < 4.78 is 0. The number of carbonyl (C=O) groups is 2. The first-order valence-corrected chi connectivity index (χ1v) is 11.5. The Morgan fingerprint density at radius 1 is 0.966 bits per heavy atom. The minimum atomic E-state index is 0.0672. The van der Waals surface area contributed by atoms with Gasteiger partial charge in [-0.15, -0.1) is 0 Å². The van der Waals surface area contributed by atoms with Crippen molar-refractivity contribution in [3.8, 4) is 0 Å². The SMILES string of the molecule is CCC(=O)N1C[C@@H]2[C@@H](N3CCCC3)CC[C@H]1CN2C(=O)Cc1ccc(Cl)c(Cl)c1. The summed E-state index contributed by atoms with van der Waals surface area (Å²) in [7, 11) is 0. The maximum absolute atomic E-state index is 13.3. The summed E-state index contributed by atoms with van der Waals surface area (Å²) >= 11 is 12.2. The van der Waals surface area contributed by atoms with Crippen LogP contribution in [0.4, 0.5) is 0 Å². The molecule has 4 aliphatic heterocycles. The summed E-state index contributed by atoms with van der Waals surface area (Å²) in [5, 5.41) is 0.975. The number of fused-ring (bicyclic) bond motifs is 4. The standard InChI is InChI=1S/C22H29Cl2N3O2/c1-2-21(28)26-14-20-19(25-9-3-4-10-25)8-6-16(26)13-27(20)22(29)12-15-5-7-17(23)18(24)11-15/h5,7,11,16,19-20H,2-4,6,8-10,12-14H2,1H3/t16-,19-,20+/m0/s1. The average molecular weight is 438 g/mol. The summed E-state index contributed by atoms with van der Waals surface area (Å²) in [6, 6.07) is 5.93. The van der Waals surface area contributed by atoms with Crippen LogP contribution in [0.15, 0.2) is 18.2 Å². The van der Waals surface area contributed by atoms with Gasteiger partial charge in [0.25, 0.3) is 0 Å². The third-order valence-electron chi connectivity index (χ3n) is 6.76. The van der Waals surface area contributed by atoms with E-state index in [2.05, 4.69) is 9.80 Å². The van der Waals surface area contributed by atoms with Crippen LogP contribution in [0.25, 0.3) is 0 Å². The summed E-state index contributed by atoms with van der Waals surface area (Å²) in [5.74, 6) is 0.326. The highest BCUT2D eigenvalue weighted by Crippen LogP contribution is 2.33. The molecule has 0 radical (unpaired) electrons. The van der Waals surface area contributed by atoms with Crippen LogP contribution in [0.2, 0.25) is 10.0 Å². The molecule has 2 bridgehead atoms. The highest BCUT2D eigenvalue weighted by molar-refractivity contribution is 6.42. The van der Waals surface area contributed by atoms with Crippen molar-refractivity contribution in [3.63, 3.8) is 0 Å². The van der Waals surface area contributed by atoms with Crippen molar-refractivity contribution in [2.75, 3.05) is 26.2 Å². The second-order valence-electron chi connectivity index (χ2n) is 8.48. The van der Waals surface area contributed by atoms with Crippen LogP contribution in [0, 0.1) is 0 Å². The third kappa shape index (κ3) is 4.28. The minimum absolute atomic E-state index is 0.0672. The Morgan fingerprint density at radius 2 is 1.72 bits per heavy atom. The number of hydrogen-bond acceptors (Lipinski definition) is 3. The lowest BCUT2D eigenvalue weighted by molar-refractivity contribution is -0.146. The third-order valence-corrected chi connectivity index (χ3v) is 7.50. The van der Waals surface area contributed by atoms with Gasteiger partial charge in [-0.1, -0.05) is 36.2 Å². The molecule has 4 saturated heterocycles.